The summed E-state index contributed by atoms with van der Waals surface area (Å²) in [5, 5.41) is 0. The average Bonchev–Trinajstić information content (AvgIpc) is 1.89. The Morgan fingerprint density at radius 1 is 1.55 bits per heavy atom. The predicted octanol–water partition coefficient (Wildman–Crippen LogP) is 1.20. The average molecular weight is 165 g/mol. The predicted molar refractivity (Wildman–Crippen MR) is 45.5 cm³/mol. The minimum absolute atomic E-state index is 0. The van der Waals surface area contributed by atoms with Crippen LogP contribution >= 0.6 is 0 Å². The molecule has 0 spiro atoms. The van der Waals surface area contributed by atoms with Crippen molar-refractivity contribution in [1.82, 2.24) is 0 Å². The van der Waals surface area contributed by atoms with Gasteiger partial charge in [0.2, 0.25) is 0 Å². The molecule has 0 fully saturated rings. The van der Waals surface area contributed by atoms with Crippen LogP contribution in [0.25, 0.3) is 0 Å². The summed E-state index contributed by atoms with van der Waals surface area (Å²) in [6.07, 6.45) is 3.47. The molecule has 0 aromatic rings. The van der Waals surface area contributed by atoms with Crippen LogP contribution in [0.4, 0.5) is 0 Å². The van der Waals surface area contributed by atoms with Crippen LogP contribution < -0.4 is 0 Å². The summed E-state index contributed by atoms with van der Waals surface area (Å²) < 4.78 is 0. The number of carbonyl (C=O) groups is 2. The van der Waals surface area contributed by atoms with E-state index < -0.39 is 0 Å². The van der Waals surface area contributed by atoms with Gasteiger partial charge in [0.1, 0.15) is 12.1 Å². The second-order valence-electron chi connectivity index (χ2n) is 2.50. The molecule has 11 heavy (non-hydrogen) atoms. The van der Waals surface area contributed by atoms with Crippen LogP contribution in [0.3, 0.4) is 0 Å². The molecule has 0 amide bonds. The van der Waals surface area contributed by atoms with Crippen molar-refractivity contribution in [2.75, 3.05) is 0 Å². The van der Waals surface area contributed by atoms with Crippen LogP contribution in [0, 0.1) is 5.92 Å². The van der Waals surface area contributed by atoms with Gasteiger partial charge in [-0.3, -0.25) is 4.79 Å². The zero-order chi connectivity index (χ0) is 7.98. The van der Waals surface area contributed by atoms with E-state index in [0.717, 1.165) is 25.5 Å². The molecule has 0 saturated heterocycles. The maximum Gasteiger partial charge on any atom is 0.139 e. The van der Waals surface area contributed by atoms with Gasteiger partial charge in [0.05, 0.1) is 5.92 Å². The molecule has 0 rings (SSSR count). The Hall–Kier alpha value is 0.340. The van der Waals surface area contributed by atoms with Crippen LogP contribution in [-0.4, -0.2) is 41.6 Å². The number of rotatable bonds is 5. The second kappa shape index (κ2) is 8.44. The number of hydrogen-bond donors (Lipinski definition) is 0. The molecule has 0 saturated carbocycles. The SMILES string of the molecule is CCCCC(C=O)C(C)=O.[Na]. The normalized spacial score (nSPS) is 11.5. The summed E-state index contributed by atoms with van der Waals surface area (Å²) in [6.45, 7) is 3.51. The van der Waals surface area contributed by atoms with Gasteiger partial charge in [-0.1, -0.05) is 19.8 Å². The Morgan fingerprint density at radius 3 is 2.36 bits per heavy atom. The molecule has 0 aromatic carbocycles. The second-order valence-corrected chi connectivity index (χ2v) is 2.50. The number of Topliss-reactive ketones (excluding diaryl/α,β-unsaturated/α-hetero) is 1. The molecule has 2 nitrogen and oxygen atoms in total. The van der Waals surface area contributed by atoms with Gasteiger partial charge in [0.15, 0.2) is 0 Å². The van der Waals surface area contributed by atoms with E-state index in [4.69, 9.17) is 0 Å². The summed E-state index contributed by atoms with van der Waals surface area (Å²) in [5.41, 5.74) is 0. The zero-order valence-corrected chi connectivity index (χ0v) is 9.59. The van der Waals surface area contributed by atoms with Crippen LogP contribution in [0.1, 0.15) is 33.1 Å². The van der Waals surface area contributed by atoms with Gasteiger partial charge in [-0.25, -0.2) is 0 Å². The molecule has 0 aliphatic heterocycles. The van der Waals surface area contributed by atoms with Crippen LogP contribution in [0.2, 0.25) is 0 Å². The Balaban J connectivity index is 0. The largest absolute Gasteiger partial charge is 0.303 e. The molecular weight excluding hydrogens is 151 g/mol. The zero-order valence-electron chi connectivity index (χ0n) is 7.59. The van der Waals surface area contributed by atoms with Crippen molar-refractivity contribution in [2.24, 2.45) is 5.92 Å². The van der Waals surface area contributed by atoms with Gasteiger partial charge >= 0.3 is 0 Å². The van der Waals surface area contributed by atoms with Crippen LogP contribution in [0.5, 0.6) is 0 Å². The molecule has 0 N–H and O–H groups in total. The van der Waals surface area contributed by atoms with Gasteiger partial charge in [-0.15, -0.1) is 0 Å². The van der Waals surface area contributed by atoms with E-state index in [-0.39, 0.29) is 41.3 Å². The number of ketones is 1. The molecule has 3 heteroatoms. The fourth-order valence-electron chi connectivity index (χ4n) is 0.791. The fraction of sp³-hybridized carbons (Fsp3) is 0.750. The van der Waals surface area contributed by atoms with Crippen molar-refractivity contribution >= 4 is 41.6 Å². The quantitative estimate of drug-likeness (QED) is 0.348. The first-order chi connectivity index (χ1) is 4.72. The standard InChI is InChI=1S/C8H14O2.Na/c1-3-4-5-8(6-9)7(2)10;/h6,8H,3-5H2,1-2H3;. The summed E-state index contributed by atoms with van der Waals surface area (Å²) in [6, 6.07) is 0. The van der Waals surface area contributed by atoms with E-state index >= 15 is 0 Å². The van der Waals surface area contributed by atoms with E-state index in [1.807, 2.05) is 6.92 Å². The van der Waals surface area contributed by atoms with Crippen molar-refractivity contribution < 1.29 is 9.59 Å². The minimum Gasteiger partial charge on any atom is -0.303 e. The summed E-state index contributed by atoms with van der Waals surface area (Å²) in [7, 11) is 0. The van der Waals surface area contributed by atoms with Crippen molar-refractivity contribution in [1.29, 1.82) is 0 Å². The van der Waals surface area contributed by atoms with E-state index in [1.165, 1.54) is 6.92 Å². The molecule has 1 unspecified atom stereocenters. The van der Waals surface area contributed by atoms with Gasteiger partial charge in [-0.05, 0) is 13.3 Å². The van der Waals surface area contributed by atoms with E-state index in [9.17, 15) is 9.59 Å². The number of carbonyl (C=O) groups excluding carboxylic acids is 2. The Labute approximate surface area is 90.0 Å². The van der Waals surface area contributed by atoms with Crippen molar-refractivity contribution in [2.45, 2.75) is 33.1 Å². The van der Waals surface area contributed by atoms with Gasteiger partial charge in [0.25, 0.3) is 0 Å². The van der Waals surface area contributed by atoms with Crippen molar-refractivity contribution in [3.05, 3.63) is 0 Å². The van der Waals surface area contributed by atoms with E-state index in [1.54, 1.807) is 0 Å². The number of aldehydes is 1. The van der Waals surface area contributed by atoms with Gasteiger partial charge < -0.3 is 4.79 Å². The Morgan fingerprint density at radius 2 is 2.09 bits per heavy atom. The summed E-state index contributed by atoms with van der Waals surface area (Å²) >= 11 is 0. The number of hydrogen-bond acceptors (Lipinski definition) is 2. The molecule has 0 heterocycles. The summed E-state index contributed by atoms with van der Waals surface area (Å²) in [5.74, 6) is -0.358. The monoisotopic (exact) mass is 165 g/mol. The Bertz CT molecular complexity index is 123. The first-order valence-electron chi connectivity index (χ1n) is 3.68. The number of unbranched alkanes of at least 4 members (excludes halogenated alkanes) is 1. The minimum atomic E-state index is -0.347. The molecule has 0 aromatic heterocycles. The summed E-state index contributed by atoms with van der Waals surface area (Å²) in [4.78, 5) is 20.9. The first kappa shape index (κ1) is 13.9. The smallest absolute Gasteiger partial charge is 0.139 e. The van der Waals surface area contributed by atoms with Gasteiger partial charge in [-0.2, -0.15) is 0 Å². The topological polar surface area (TPSA) is 34.1 Å². The molecule has 0 aliphatic rings. The van der Waals surface area contributed by atoms with Crippen molar-refractivity contribution in [3.63, 3.8) is 0 Å². The molecular formula is C8H14NaO2. The molecule has 59 valence electrons. The first-order valence-corrected chi connectivity index (χ1v) is 3.68. The molecule has 0 aliphatic carbocycles. The van der Waals surface area contributed by atoms with E-state index in [2.05, 4.69) is 0 Å². The van der Waals surface area contributed by atoms with Gasteiger partial charge in [0, 0.05) is 29.6 Å². The third-order valence-electron chi connectivity index (χ3n) is 1.56. The van der Waals surface area contributed by atoms with Crippen LogP contribution in [0.15, 0.2) is 0 Å². The third-order valence-corrected chi connectivity index (χ3v) is 1.56. The molecule has 1 radical (unpaired) electrons. The molecule has 1 atom stereocenters. The maximum absolute atomic E-state index is 10.6. The third kappa shape index (κ3) is 6.73. The maximum atomic E-state index is 10.6. The van der Waals surface area contributed by atoms with Crippen LogP contribution in [-0.2, 0) is 9.59 Å². The fourth-order valence-corrected chi connectivity index (χ4v) is 0.791. The van der Waals surface area contributed by atoms with E-state index in [0.29, 0.717) is 0 Å². The Kier molecular flexibility index (Phi) is 10.7. The van der Waals surface area contributed by atoms with Crippen molar-refractivity contribution in [3.8, 4) is 0 Å². The molecule has 0 bridgehead atoms.